The number of esters is 1. The maximum Gasteiger partial charge on any atom is 0.308 e. The van der Waals surface area contributed by atoms with E-state index >= 15 is 0 Å². The van der Waals surface area contributed by atoms with Gasteiger partial charge in [0.15, 0.2) is 23.0 Å². The number of hydrogen-bond acceptors (Lipinski definition) is 11. The molecule has 2 bridgehead atoms. The summed E-state index contributed by atoms with van der Waals surface area (Å²) in [4.78, 5) is 43.3. The molecule has 0 aliphatic carbocycles. The molecular weight excluding hydrogens is 666 g/mol. The zero-order chi connectivity index (χ0) is 37.0. The highest BCUT2D eigenvalue weighted by Crippen LogP contribution is 2.58. The van der Waals surface area contributed by atoms with Gasteiger partial charge in [-0.2, -0.15) is 5.26 Å². The molecule has 0 aromatic heterocycles. The lowest BCUT2D eigenvalue weighted by molar-refractivity contribution is -0.132. The van der Waals surface area contributed by atoms with E-state index in [-0.39, 0.29) is 37.5 Å². The Labute approximate surface area is 302 Å². The predicted molar refractivity (Wildman–Crippen MR) is 188 cm³/mol. The quantitative estimate of drug-likeness (QED) is 0.232. The van der Waals surface area contributed by atoms with Crippen LogP contribution in [0.3, 0.4) is 0 Å². The van der Waals surface area contributed by atoms with Crippen molar-refractivity contribution in [3.8, 4) is 34.8 Å². The Kier molecular flexibility index (Phi) is 9.23. The summed E-state index contributed by atoms with van der Waals surface area (Å²) < 4.78 is 23.6. The van der Waals surface area contributed by atoms with Crippen LogP contribution in [0.4, 0.5) is 0 Å². The molecule has 13 heteroatoms. The fraction of sp³-hybridized carbons (Fsp3) is 0.436. The van der Waals surface area contributed by atoms with Gasteiger partial charge < -0.3 is 34.7 Å². The van der Waals surface area contributed by atoms with Crippen LogP contribution in [0, 0.1) is 25.2 Å². The van der Waals surface area contributed by atoms with Crippen molar-refractivity contribution in [1.29, 1.82) is 5.26 Å². The number of carbonyl (C=O) groups excluding carboxylic acids is 3. The van der Waals surface area contributed by atoms with Gasteiger partial charge >= 0.3 is 5.97 Å². The number of nitrogens with zero attached hydrogens (tertiary/aromatic N) is 3. The van der Waals surface area contributed by atoms with Crippen LogP contribution < -0.4 is 29.6 Å². The van der Waals surface area contributed by atoms with Crippen LogP contribution in [-0.2, 0) is 33.6 Å². The molecule has 1 fully saturated rings. The Balaban J connectivity index is 1.31. The van der Waals surface area contributed by atoms with Gasteiger partial charge in [0.2, 0.25) is 18.6 Å². The van der Waals surface area contributed by atoms with Crippen molar-refractivity contribution in [2.75, 3.05) is 27.5 Å². The Bertz CT molecular complexity index is 1990. The Morgan fingerprint density at radius 2 is 1.81 bits per heavy atom. The summed E-state index contributed by atoms with van der Waals surface area (Å²) in [6.07, 6.45) is 0.966. The first-order valence-corrected chi connectivity index (χ1v) is 17.5. The Morgan fingerprint density at radius 3 is 2.50 bits per heavy atom. The number of rotatable bonds is 8. The van der Waals surface area contributed by atoms with Crippen LogP contribution in [0.25, 0.3) is 0 Å². The molecule has 0 spiro atoms. The summed E-state index contributed by atoms with van der Waals surface area (Å²) in [6.45, 7) is 6.65. The molecule has 13 nitrogen and oxygen atoms in total. The molecule has 272 valence electrons. The molecule has 7 rings (SSSR count). The minimum atomic E-state index is -0.854. The number of hydrogen-bond donors (Lipinski definition) is 3. The van der Waals surface area contributed by atoms with E-state index in [9.17, 15) is 24.8 Å². The normalized spacial score (nSPS) is 23.3. The van der Waals surface area contributed by atoms with E-state index in [4.69, 9.17) is 18.9 Å². The van der Waals surface area contributed by atoms with E-state index in [1.165, 1.54) is 14.0 Å². The molecule has 2 amide bonds. The molecule has 0 saturated carbocycles. The van der Waals surface area contributed by atoms with Crippen molar-refractivity contribution in [3.63, 3.8) is 0 Å². The number of aromatic hydroxyl groups is 1. The van der Waals surface area contributed by atoms with Crippen LogP contribution >= 0.6 is 0 Å². The standard InChI is InChI=1S/C39H43N5O8/c1-19-12-24-14-26-28(16-40)44-27(33(43(26)5)31(24)34(47)35(19)49-6)15-25-32(38-37(50-18-51-38)20(2)36(25)52-22(4)45)29(44)17-41-39(48)21(3)42-30(46)13-23-10-8-7-9-11-23/h7-12,21,26-29,33,47H,13-15,17-18H2,1-6H3,(H,41,48)(H,42,46)/t21-,26+,27?,28-,29-,33-/m0/s1. The largest absolute Gasteiger partial charge is 0.504 e. The fourth-order valence-electron chi connectivity index (χ4n) is 8.80. The number of phenols is 1. The summed E-state index contributed by atoms with van der Waals surface area (Å²) in [7, 11) is 3.50. The first-order chi connectivity index (χ1) is 24.9. The van der Waals surface area contributed by atoms with E-state index in [2.05, 4.69) is 26.5 Å². The molecule has 0 radical (unpaired) electrons. The van der Waals surface area contributed by atoms with Gasteiger partial charge in [-0.25, -0.2) is 0 Å². The molecule has 3 aromatic carbocycles. The lowest BCUT2D eigenvalue weighted by atomic mass is 9.71. The number of aryl methyl sites for hydroxylation is 1. The molecule has 6 atom stereocenters. The molecule has 1 saturated heterocycles. The van der Waals surface area contributed by atoms with Crippen LogP contribution in [0.2, 0.25) is 0 Å². The molecule has 4 aliphatic heterocycles. The number of nitriles is 1. The third kappa shape index (κ3) is 5.76. The monoisotopic (exact) mass is 709 g/mol. The van der Waals surface area contributed by atoms with E-state index in [1.54, 1.807) is 6.92 Å². The minimum Gasteiger partial charge on any atom is -0.504 e. The lowest BCUT2D eigenvalue weighted by Gasteiger charge is -2.60. The number of carbonyl (C=O) groups is 3. The number of fused-ring (bicyclic) bond motifs is 9. The van der Waals surface area contributed by atoms with Crippen molar-refractivity contribution in [1.82, 2.24) is 20.4 Å². The van der Waals surface area contributed by atoms with Gasteiger partial charge in [0.1, 0.15) is 17.8 Å². The number of ether oxygens (including phenoxy) is 4. The summed E-state index contributed by atoms with van der Waals surface area (Å²) in [5, 5.41) is 28.5. The summed E-state index contributed by atoms with van der Waals surface area (Å²) in [5.74, 6) is 0.518. The second-order valence-electron chi connectivity index (χ2n) is 14.0. The maximum atomic E-state index is 13.7. The van der Waals surface area contributed by atoms with Gasteiger partial charge in [-0.15, -0.1) is 0 Å². The summed E-state index contributed by atoms with van der Waals surface area (Å²) in [5.41, 5.74) is 5.27. The summed E-state index contributed by atoms with van der Waals surface area (Å²) in [6, 6.07) is 10.7. The molecule has 4 heterocycles. The highest BCUT2D eigenvalue weighted by Gasteiger charge is 2.57. The van der Waals surface area contributed by atoms with Crippen LogP contribution in [0.1, 0.15) is 64.9 Å². The second-order valence-corrected chi connectivity index (χ2v) is 14.0. The highest BCUT2D eigenvalue weighted by molar-refractivity contribution is 5.88. The molecule has 3 aromatic rings. The average molecular weight is 710 g/mol. The lowest BCUT2D eigenvalue weighted by Crippen LogP contribution is -2.69. The van der Waals surface area contributed by atoms with Crippen LogP contribution in [0.15, 0.2) is 36.4 Å². The molecule has 1 unspecified atom stereocenters. The van der Waals surface area contributed by atoms with Gasteiger partial charge in [-0.05, 0) is 57.4 Å². The van der Waals surface area contributed by atoms with E-state index < -0.39 is 42.1 Å². The van der Waals surface area contributed by atoms with Crippen molar-refractivity contribution >= 4 is 17.8 Å². The second kappa shape index (κ2) is 13.7. The topological polar surface area (TPSA) is 163 Å². The first kappa shape index (κ1) is 35.1. The SMILES string of the molecule is COc1c(C)cc2c(c1O)[C@@H]1C3Cc4c(OC(C)=O)c(C)c5c(c4[C@H](CNC(=O)[C@H](C)NC(=O)Cc4ccccc4)N3[C@@H](C#N)[C@@H](C2)N1C)OCO5. The van der Waals surface area contributed by atoms with E-state index in [1.807, 2.05) is 57.3 Å². The van der Waals surface area contributed by atoms with E-state index in [0.29, 0.717) is 52.5 Å². The number of piperazine rings is 1. The smallest absolute Gasteiger partial charge is 0.308 e. The molecular formula is C39H43N5O8. The molecule has 52 heavy (non-hydrogen) atoms. The van der Waals surface area contributed by atoms with Gasteiger partial charge in [0.25, 0.3) is 0 Å². The van der Waals surface area contributed by atoms with Gasteiger partial charge in [0.05, 0.1) is 31.7 Å². The molecule has 3 N–H and O–H groups in total. The number of likely N-dealkylation sites (N-methyl/N-ethyl adjacent to an activating group) is 1. The van der Waals surface area contributed by atoms with Crippen LogP contribution in [-0.4, -0.2) is 84.4 Å². The van der Waals surface area contributed by atoms with Gasteiger partial charge in [-0.1, -0.05) is 36.4 Å². The molecule has 4 aliphatic rings. The van der Waals surface area contributed by atoms with Crippen molar-refractivity contribution in [3.05, 3.63) is 75.3 Å². The van der Waals surface area contributed by atoms with Gasteiger partial charge in [0, 0.05) is 47.8 Å². The predicted octanol–water partition coefficient (Wildman–Crippen LogP) is 3.31. The minimum absolute atomic E-state index is 0.0387. The Morgan fingerprint density at radius 1 is 1.08 bits per heavy atom. The van der Waals surface area contributed by atoms with Crippen LogP contribution in [0.5, 0.6) is 28.7 Å². The zero-order valence-electron chi connectivity index (χ0n) is 30.1. The van der Waals surface area contributed by atoms with Crippen molar-refractivity contribution < 1.29 is 38.4 Å². The van der Waals surface area contributed by atoms with Crippen molar-refractivity contribution in [2.45, 2.75) is 83.2 Å². The van der Waals surface area contributed by atoms with E-state index in [0.717, 1.165) is 22.3 Å². The zero-order valence-corrected chi connectivity index (χ0v) is 30.1. The fourth-order valence-corrected chi connectivity index (χ4v) is 8.80. The third-order valence-corrected chi connectivity index (χ3v) is 11.0. The van der Waals surface area contributed by atoms with Gasteiger partial charge in [-0.3, -0.25) is 24.2 Å². The third-order valence-electron chi connectivity index (χ3n) is 11.0. The number of amides is 2. The van der Waals surface area contributed by atoms with Crippen molar-refractivity contribution in [2.24, 2.45) is 0 Å². The number of phenolic OH excluding ortho intramolecular Hbond substituents is 1. The number of nitrogens with one attached hydrogen (secondary N) is 2. The highest BCUT2D eigenvalue weighted by atomic mass is 16.7. The maximum absolute atomic E-state index is 13.7. The first-order valence-electron chi connectivity index (χ1n) is 17.5. The number of benzene rings is 3. The number of methoxy groups -OCH3 is 1. The summed E-state index contributed by atoms with van der Waals surface area (Å²) >= 11 is 0. The Hall–Kier alpha value is -5.32. The average Bonchev–Trinajstić information content (AvgIpc) is 3.60.